The maximum absolute atomic E-state index is 13.6. The van der Waals surface area contributed by atoms with E-state index in [9.17, 15) is 9.18 Å². The first-order chi connectivity index (χ1) is 9.09. The monoisotopic (exact) mass is 322 g/mol. The summed E-state index contributed by atoms with van der Waals surface area (Å²) in [6.07, 6.45) is 1.54. The molecule has 2 rings (SSSR count). The Bertz CT molecular complexity index is 604. The van der Waals surface area contributed by atoms with Gasteiger partial charge < -0.3 is 5.32 Å². The fourth-order valence-corrected chi connectivity index (χ4v) is 2.16. The lowest BCUT2D eigenvalue weighted by atomic mass is 10.1. The minimum absolute atomic E-state index is 0.283. The normalized spacial score (nSPS) is 11.9. The van der Waals surface area contributed by atoms with E-state index in [1.807, 2.05) is 0 Å². The number of nitrogens with one attached hydrogen (secondary N) is 1. The van der Waals surface area contributed by atoms with Crippen LogP contribution < -0.4 is 5.32 Å². The highest BCUT2D eigenvalue weighted by Gasteiger charge is 2.16. The number of pyridine rings is 1. The Hall–Kier alpha value is -1.75. The molecule has 0 saturated carbocycles. The molecule has 0 fully saturated rings. The van der Waals surface area contributed by atoms with Crippen LogP contribution in [0.15, 0.2) is 47.1 Å². The Morgan fingerprint density at radius 3 is 2.74 bits per heavy atom. The highest BCUT2D eigenvalue weighted by molar-refractivity contribution is 9.10. The predicted molar refractivity (Wildman–Crippen MR) is 74.2 cm³/mol. The molecule has 0 saturated heterocycles. The summed E-state index contributed by atoms with van der Waals surface area (Å²) in [5.74, 6) is -0.682. The summed E-state index contributed by atoms with van der Waals surface area (Å²) in [7, 11) is 0. The van der Waals surface area contributed by atoms with E-state index in [1.165, 1.54) is 12.3 Å². The molecule has 2 aromatic rings. The molecule has 1 amide bonds. The molecule has 3 nitrogen and oxygen atoms in total. The lowest BCUT2D eigenvalue weighted by molar-refractivity contribution is 0.0933. The van der Waals surface area contributed by atoms with E-state index >= 15 is 0 Å². The SMILES string of the molecule is CC(NC(=O)c1ncccc1Br)c1ccccc1F. The summed E-state index contributed by atoms with van der Waals surface area (Å²) in [6.45, 7) is 1.73. The average Bonchev–Trinajstić information content (AvgIpc) is 2.39. The van der Waals surface area contributed by atoms with Crippen LogP contribution in [0.2, 0.25) is 0 Å². The molecule has 1 unspecified atom stereocenters. The van der Waals surface area contributed by atoms with Crippen LogP contribution in [0, 0.1) is 5.82 Å². The molecule has 0 aliphatic heterocycles. The first-order valence-electron chi connectivity index (χ1n) is 5.75. The number of aromatic nitrogens is 1. The van der Waals surface area contributed by atoms with Crippen LogP contribution in [0.25, 0.3) is 0 Å². The van der Waals surface area contributed by atoms with Gasteiger partial charge in [-0.25, -0.2) is 9.37 Å². The van der Waals surface area contributed by atoms with Crippen molar-refractivity contribution in [2.75, 3.05) is 0 Å². The van der Waals surface area contributed by atoms with Crippen molar-refractivity contribution < 1.29 is 9.18 Å². The largest absolute Gasteiger partial charge is 0.344 e. The van der Waals surface area contributed by atoms with Gasteiger partial charge in [0.05, 0.1) is 6.04 Å². The molecule has 19 heavy (non-hydrogen) atoms. The van der Waals surface area contributed by atoms with Crippen molar-refractivity contribution in [2.24, 2.45) is 0 Å². The minimum Gasteiger partial charge on any atom is -0.344 e. The Morgan fingerprint density at radius 2 is 2.05 bits per heavy atom. The molecule has 0 radical (unpaired) electrons. The zero-order valence-electron chi connectivity index (χ0n) is 10.2. The molecular formula is C14H12BrFN2O. The summed E-state index contributed by atoms with van der Waals surface area (Å²) in [5, 5.41) is 2.72. The number of hydrogen-bond donors (Lipinski definition) is 1. The number of rotatable bonds is 3. The van der Waals surface area contributed by atoms with Crippen LogP contribution in [-0.2, 0) is 0 Å². The van der Waals surface area contributed by atoms with Gasteiger partial charge in [-0.2, -0.15) is 0 Å². The van der Waals surface area contributed by atoms with Crippen molar-refractivity contribution in [3.63, 3.8) is 0 Å². The second-order valence-electron chi connectivity index (χ2n) is 4.05. The van der Waals surface area contributed by atoms with Crippen LogP contribution in [0.1, 0.15) is 29.0 Å². The van der Waals surface area contributed by atoms with E-state index in [2.05, 4.69) is 26.2 Å². The van der Waals surface area contributed by atoms with E-state index in [4.69, 9.17) is 0 Å². The molecule has 1 heterocycles. The Labute approximate surface area is 119 Å². The molecule has 1 atom stereocenters. The van der Waals surface area contributed by atoms with Crippen molar-refractivity contribution in [2.45, 2.75) is 13.0 Å². The van der Waals surface area contributed by atoms with Gasteiger partial charge in [-0.15, -0.1) is 0 Å². The van der Waals surface area contributed by atoms with Crippen molar-refractivity contribution in [3.05, 3.63) is 64.1 Å². The van der Waals surface area contributed by atoms with Crippen LogP contribution in [-0.4, -0.2) is 10.9 Å². The van der Waals surface area contributed by atoms with Gasteiger partial charge in [-0.3, -0.25) is 4.79 Å². The average molecular weight is 323 g/mol. The minimum atomic E-state index is -0.428. The summed E-state index contributed by atoms with van der Waals surface area (Å²) >= 11 is 3.26. The first kappa shape index (κ1) is 13.7. The van der Waals surface area contributed by atoms with Crippen molar-refractivity contribution in [1.29, 1.82) is 0 Å². The smallest absolute Gasteiger partial charge is 0.271 e. The third-order valence-corrected chi connectivity index (χ3v) is 3.33. The zero-order valence-corrected chi connectivity index (χ0v) is 11.8. The van der Waals surface area contributed by atoms with Gasteiger partial charge in [-0.05, 0) is 41.1 Å². The fourth-order valence-electron chi connectivity index (χ4n) is 1.72. The lowest BCUT2D eigenvalue weighted by Crippen LogP contribution is -2.28. The van der Waals surface area contributed by atoms with E-state index < -0.39 is 6.04 Å². The second kappa shape index (κ2) is 5.93. The molecule has 1 aromatic carbocycles. The maximum Gasteiger partial charge on any atom is 0.271 e. The van der Waals surface area contributed by atoms with Crippen LogP contribution >= 0.6 is 15.9 Å². The summed E-state index contributed by atoms with van der Waals surface area (Å²) < 4.78 is 14.2. The Morgan fingerprint density at radius 1 is 1.32 bits per heavy atom. The van der Waals surface area contributed by atoms with E-state index in [0.717, 1.165) is 0 Å². The standard InChI is InChI=1S/C14H12BrFN2O/c1-9(10-5-2-3-7-12(10)16)18-14(19)13-11(15)6-4-8-17-13/h2-9H,1H3,(H,18,19). The van der Waals surface area contributed by atoms with Crippen LogP contribution in [0.5, 0.6) is 0 Å². The molecule has 0 aliphatic rings. The molecule has 0 aliphatic carbocycles. The number of carbonyl (C=O) groups is 1. The van der Waals surface area contributed by atoms with Gasteiger partial charge in [0.25, 0.3) is 5.91 Å². The van der Waals surface area contributed by atoms with Crippen molar-refractivity contribution >= 4 is 21.8 Å². The van der Waals surface area contributed by atoms with Crippen LogP contribution in [0.4, 0.5) is 4.39 Å². The van der Waals surface area contributed by atoms with Gasteiger partial charge in [0, 0.05) is 16.2 Å². The molecular weight excluding hydrogens is 311 g/mol. The number of carbonyl (C=O) groups excluding carboxylic acids is 1. The quantitative estimate of drug-likeness (QED) is 0.940. The highest BCUT2D eigenvalue weighted by Crippen LogP contribution is 2.18. The lowest BCUT2D eigenvalue weighted by Gasteiger charge is -2.15. The van der Waals surface area contributed by atoms with Gasteiger partial charge >= 0.3 is 0 Å². The predicted octanol–water partition coefficient (Wildman–Crippen LogP) is 3.47. The first-order valence-corrected chi connectivity index (χ1v) is 6.54. The number of halogens is 2. The van der Waals surface area contributed by atoms with Gasteiger partial charge in [-0.1, -0.05) is 18.2 Å². The zero-order chi connectivity index (χ0) is 13.8. The second-order valence-corrected chi connectivity index (χ2v) is 4.90. The molecule has 0 spiro atoms. The summed E-state index contributed by atoms with van der Waals surface area (Å²) in [4.78, 5) is 16.0. The van der Waals surface area contributed by atoms with Crippen LogP contribution in [0.3, 0.4) is 0 Å². The van der Waals surface area contributed by atoms with Crippen molar-refractivity contribution in [1.82, 2.24) is 10.3 Å². The fraction of sp³-hybridized carbons (Fsp3) is 0.143. The summed E-state index contributed by atoms with van der Waals surface area (Å²) in [6, 6.07) is 9.39. The van der Waals surface area contributed by atoms with Gasteiger partial charge in [0.2, 0.25) is 0 Å². The summed E-state index contributed by atoms with van der Waals surface area (Å²) in [5.41, 5.74) is 0.730. The number of nitrogens with zero attached hydrogens (tertiary/aromatic N) is 1. The topological polar surface area (TPSA) is 42.0 Å². The number of benzene rings is 1. The number of amides is 1. The Kier molecular flexibility index (Phi) is 4.27. The van der Waals surface area contributed by atoms with Gasteiger partial charge in [0.1, 0.15) is 11.5 Å². The molecule has 0 bridgehead atoms. The third-order valence-electron chi connectivity index (χ3n) is 2.69. The molecule has 1 N–H and O–H groups in total. The molecule has 98 valence electrons. The highest BCUT2D eigenvalue weighted by atomic mass is 79.9. The van der Waals surface area contributed by atoms with E-state index in [1.54, 1.807) is 37.3 Å². The molecule has 1 aromatic heterocycles. The molecule has 5 heteroatoms. The van der Waals surface area contributed by atoms with Crippen molar-refractivity contribution in [3.8, 4) is 0 Å². The Balaban J connectivity index is 2.16. The maximum atomic E-state index is 13.6. The van der Waals surface area contributed by atoms with Gasteiger partial charge in [0.15, 0.2) is 0 Å². The third kappa shape index (κ3) is 3.17. The number of hydrogen-bond acceptors (Lipinski definition) is 2. The van der Waals surface area contributed by atoms with E-state index in [0.29, 0.717) is 10.0 Å². The van der Waals surface area contributed by atoms with E-state index in [-0.39, 0.29) is 17.4 Å².